The molecule has 0 atom stereocenters. The summed E-state index contributed by atoms with van der Waals surface area (Å²) in [5, 5.41) is 1.58. The Morgan fingerprint density at radius 3 is 1.60 bits per heavy atom. The SMILES string of the molecule is Clc1cccc([Se]c2cccc(Cl)c2)c1. The molecule has 0 N–H and O–H groups in total. The van der Waals surface area contributed by atoms with Crippen molar-refractivity contribution in [2.75, 3.05) is 0 Å². The second-order valence-corrected chi connectivity index (χ2v) is 6.30. The standard InChI is InChI=1S/C12H8Cl2Se/c13-9-3-1-5-11(7-9)15-12-6-2-4-10(14)8-12/h1-8H. The number of hydrogen-bond donors (Lipinski definition) is 0. The first-order valence-electron chi connectivity index (χ1n) is 4.43. The summed E-state index contributed by atoms with van der Waals surface area (Å²) in [5.74, 6) is 0. The zero-order valence-electron chi connectivity index (χ0n) is 7.78. The van der Waals surface area contributed by atoms with Crippen LogP contribution in [0.1, 0.15) is 0 Å². The van der Waals surface area contributed by atoms with Crippen LogP contribution in [0.3, 0.4) is 0 Å². The molecule has 2 aromatic carbocycles. The third-order valence-corrected chi connectivity index (χ3v) is 4.35. The summed E-state index contributed by atoms with van der Waals surface area (Å²) < 4.78 is 2.52. The first-order chi connectivity index (χ1) is 7.24. The molecule has 0 aromatic heterocycles. The van der Waals surface area contributed by atoms with Crippen LogP contribution in [0.25, 0.3) is 0 Å². The van der Waals surface area contributed by atoms with Gasteiger partial charge in [0.05, 0.1) is 0 Å². The van der Waals surface area contributed by atoms with Gasteiger partial charge in [-0.2, -0.15) is 0 Å². The molecule has 0 saturated heterocycles. The Morgan fingerprint density at radius 1 is 0.733 bits per heavy atom. The Kier molecular flexibility index (Phi) is 3.71. The Hall–Kier alpha value is -0.461. The minimum atomic E-state index is 0.274. The Balaban J connectivity index is 2.22. The van der Waals surface area contributed by atoms with Crippen molar-refractivity contribution in [2.45, 2.75) is 0 Å². The molecule has 0 bridgehead atoms. The molecule has 0 saturated carbocycles. The predicted octanol–water partition coefficient (Wildman–Crippen LogP) is 2.65. The van der Waals surface area contributed by atoms with E-state index in [-0.39, 0.29) is 15.0 Å². The van der Waals surface area contributed by atoms with E-state index >= 15 is 0 Å². The zero-order chi connectivity index (χ0) is 10.7. The average Bonchev–Trinajstić information content (AvgIpc) is 2.17. The molecule has 0 fully saturated rings. The maximum atomic E-state index is 5.93. The Bertz CT molecular complexity index is 425. The van der Waals surface area contributed by atoms with E-state index < -0.39 is 0 Å². The molecular formula is C12H8Cl2Se. The van der Waals surface area contributed by atoms with Crippen molar-refractivity contribution in [1.82, 2.24) is 0 Å². The summed E-state index contributed by atoms with van der Waals surface area (Å²) in [4.78, 5) is 0. The number of rotatable bonds is 2. The Labute approximate surface area is 105 Å². The third kappa shape index (κ3) is 3.25. The van der Waals surface area contributed by atoms with E-state index in [2.05, 4.69) is 12.1 Å². The monoisotopic (exact) mass is 302 g/mol. The normalized spacial score (nSPS) is 10.3. The zero-order valence-corrected chi connectivity index (χ0v) is 11.0. The molecule has 0 spiro atoms. The van der Waals surface area contributed by atoms with Gasteiger partial charge in [-0.25, -0.2) is 0 Å². The molecule has 0 aliphatic carbocycles. The molecule has 3 heteroatoms. The second kappa shape index (κ2) is 5.05. The van der Waals surface area contributed by atoms with Crippen molar-refractivity contribution < 1.29 is 0 Å². The van der Waals surface area contributed by atoms with E-state index in [0.29, 0.717) is 0 Å². The molecule has 76 valence electrons. The van der Waals surface area contributed by atoms with Gasteiger partial charge in [-0.3, -0.25) is 0 Å². The van der Waals surface area contributed by atoms with Crippen LogP contribution in [0.2, 0.25) is 10.0 Å². The molecule has 0 aliphatic heterocycles. The first kappa shape index (κ1) is 11.0. The summed E-state index contributed by atoms with van der Waals surface area (Å²) in [7, 11) is 0. The van der Waals surface area contributed by atoms with Gasteiger partial charge in [0.15, 0.2) is 0 Å². The molecule has 0 aliphatic rings. The molecule has 0 nitrogen and oxygen atoms in total. The molecule has 0 unspecified atom stereocenters. The summed E-state index contributed by atoms with van der Waals surface area (Å²) in [6.45, 7) is 0. The molecule has 2 rings (SSSR count). The fourth-order valence-electron chi connectivity index (χ4n) is 1.20. The number of hydrogen-bond acceptors (Lipinski definition) is 0. The molecular weight excluding hydrogens is 294 g/mol. The van der Waals surface area contributed by atoms with Crippen molar-refractivity contribution in [3.8, 4) is 0 Å². The fourth-order valence-corrected chi connectivity index (χ4v) is 3.84. The van der Waals surface area contributed by atoms with Gasteiger partial charge in [0.25, 0.3) is 0 Å². The van der Waals surface area contributed by atoms with Crippen LogP contribution in [0.4, 0.5) is 0 Å². The average molecular weight is 302 g/mol. The van der Waals surface area contributed by atoms with Crippen LogP contribution < -0.4 is 8.92 Å². The number of halogens is 2. The molecule has 15 heavy (non-hydrogen) atoms. The molecule has 0 heterocycles. The maximum absolute atomic E-state index is 5.93. The van der Waals surface area contributed by atoms with Crippen LogP contribution in [-0.2, 0) is 0 Å². The topological polar surface area (TPSA) is 0 Å². The molecule has 0 radical (unpaired) electrons. The molecule has 0 amide bonds. The van der Waals surface area contributed by atoms with Gasteiger partial charge in [0, 0.05) is 0 Å². The van der Waals surface area contributed by atoms with Crippen LogP contribution in [0.15, 0.2) is 48.5 Å². The van der Waals surface area contributed by atoms with Crippen LogP contribution in [-0.4, -0.2) is 15.0 Å². The van der Waals surface area contributed by atoms with E-state index in [1.807, 2.05) is 36.4 Å². The van der Waals surface area contributed by atoms with E-state index in [1.54, 1.807) is 0 Å². The number of benzene rings is 2. The van der Waals surface area contributed by atoms with Gasteiger partial charge in [-0.15, -0.1) is 0 Å². The van der Waals surface area contributed by atoms with Gasteiger partial charge >= 0.3 is 106 Å². The summed E-state index contributed by atoms with van der Waals surface area (Å²) in [6, 6.07) is 15.9. The molecule has 2 aromatic rings. The van der Waals surface area contributed by atoms with Gasteiger partial charge in [0.2, 0.25) is 0 Å². The van der Waals surface area contributed by atoms with Crippen molar-refractivity contribution in [3.05, 3.63) is 58.6 Å². The summed E-state index contributed by atoms with van der Waals surface area (Å²) in [5.41, 5.74) is 0. The fraction of sp³-hybridized carbons (Fsp3) is 0. The van der Waals surface area contributed by atoms with Gasteiger partial charge in [0.1, 0.15) is 0 Å². The Morgan fingerprint density at radius 2 is 1.20 bits per heavy atom. The van der Waals surface area contributed by atoms with Crippen molar-refractivity contribution in [3.63, 3.8) is 0 Å². The van der Waals surface area contributed by atoms with E-state index in [0.717, 1.165) is 10.0 Å². The second-order valence-electron chi connectivity index (χ2n) is 3.02. The van der Waals surface area contributed by atoms with E-state index in [1.165, 1.54) is 8.92 Å². The van der Waals surface area contributed by atoms with Crippen molar-refractivity contribution in [1.29, 1.82) is 0 Å². The van der Waals surface area contributed by atoms with Crippen LogP contribution in [0.5, 0.6) is 0 Å². The van der Waals surface area contributed by atoms with Gasteiger partial charge < -0.3 is 0 Å². The van der Waals surface area contributed by atoms with E-state index in [9.17, 15) is 0 Å². The van der Waals surface area contributed by atoms with Crippen molar-refractivity contribution in [2.24, 2.45) is 0 Å². The van der Waals surface area contributed by atoms with Crippen LogP contribution in [0, 0.1) is 0 Å². The van der Waals surface area contributed by atoms with Crippen molar-refractivity contribution >= 4 is 47.1 Å². The summed E-state index contributed by atoms with van der Waals surface area (Å²) >= 11 is 12.1. The first-order valence-corrected chi connectivity index (χ1v) is 6.90. The van der Waals surface area contributed by atoms with E-state index in [4.69, 9.17) is 23.2 Å². The van der Waals surface area contributed by atoms with Crippen LogP contribution >= 0.6 is 23.2 Å². The summed E-state index contributed by atoms with van der Waals surface area (Å²) in [6.07, 6.45) is 0. The third-order valence-electron chi connectivity index (χ3n) is 1.83. The predicted molar refractivity (Wildman–Crippen MR) is 67.9 cm³/mol. The van der Waals surface area contributed by atoms with Gasteiger partial charge in [-0.1, -0.05) is 0 Å². The quantitative estimate of drug-likeness (QED) is 0.748. The minimum absolute atomic E-state index is 0.274. The van der Waals surface area contributed by atoms with Gasteiger partial charge in [-0.05, 0) is 0 Å².